The lowest BCUT2D eigenvalue weighted by Gasteiger charge is -2.44. The quantitative estimate of drug-likeness (QED) is 0.396. The van der Waals surface area contributed by atoms with E-state index in [0.29, 0.717) is 23.2 Å². The summed E-state index contributed by atoms with van der Waals surface area (Å²) in [4.78, 5) is 42.1. The highest BCUT2D eigenvalue weighted by Gasteiger charge is 2.42. The van der Waals surface area contributed by atoms with Gasteiger partial charge in [-0.15, -0.1) is 0 Å². The molecule has 2 rings (SSSR count). The Morgan fingerprint density at radius 2 is 1.55 bits per heavy atom. The van der Waals surface area contributed by atoms with Crippen molar-refractivity contribution in [3.63, 3.8) is 0 Å². The van der Waals surface area contributed by atoms with Gasteiger partial charge in [0, 0.05) is 11.2 Å². The summed E-state index contributed by atoms with van der Waals surface area (Å²) in [6.45, 7) is 18.1. The van der Waals surface area contributed by atoms with Crippen LogP contribution in [0.1, 0.15) is 83.2 Å². The number of amides is 3. The number of benzene rings is 2. The number of aromatic hydroxyl groups is 1. The van der Waals surface area contributed by atoms with Gasteiger partial charge < -0.3 is 25.4 Å². The van der Waals surface area contributed by atoms with Gasteiger partial charge in [0.1, 0.15) is 23.4 Å². The van der Waals surface area contributed by atoms with Crippen LogP contribution in [0.15, 0.2) is 36.4 Å². The fraction of sp³-hybridized carbons (Fsp3) is 0.500. The number of nitrogens with zero attached hydrogens (tertiary/aromatic N) is 1. The van der Waals surface area contributed by atoms with Crippen LogP contribution in [0.4, 0.5) is 10.5 Å². The molecule has 0 fully saturated rings. The SMILES string of the molecule is CCC(C)(C)N(C(=O)C(C)NC(=O)OC(C)(C)C)C(C(=O)Nc1c(C)cccc1C)c1ccc(O)c(C)c1. The van der Waals surface area contributed by atoms with Gasteiger partial charge in [-0.05, 0) is 103 Å². The zero-order chi connectivity index (χ0) is 29.0. The zero-order valence-electron chi connectivity index (χ0n) is 24.4. The minimum atomic E-state index is -1.04. The number of phenols is 1. The molecule has 3 N–H and O–H groups in total. The smallest absolute Gasteiger partial charge is 0.408 e. The van der Waals surface area contributed by atoms with E-state index in [9.17, 15) is 19.5 Å². The van der Waals surface area contributed by atoms with Gasteiger partial charge in [0.15, 0.2) is 0 Å². The number of phenolic OH excluding ortho intramolecular Hbond substituents is 1. The number of ether oxygens (including phenoxy) is 1. The molecule has 2 aromatic rings. The second-order valence-corrected chi connectivity index (χ2v) is 11.4. The third kappa shape index (κ3) is 7.49. The molecule has 0 aliphatic rings. The molecular weight excluding hydrogens is 482 g/mol. The summed E-state index contributed by atoms with van der Waals surface area (Å²) in [5, 5.41) is 15.8. The molecule has 0 radical (unpaired) electrons. The van der Waals surface area contributed by atoms with Gasteiger partial charge >= 0.3 is 6.09 Å². The van der Waals surface area contributed by atoms with Gasteiger partial charge in [-0.1, -0.05) is 31.2 Å². The van der Waals surface area contributed by atoms with E-state index in [1.165, 1.54) is 11.0 Å². The Morgan fingerprint density at radius 1 is 0.974 bits per heavy atom. The van der Waals surface area contributed by atoms with Gasteiger partial charge in [0.2, 0.25) is 5.91 Å². The molecule has 0 heterocycles. The fourth-order valence-corrected chi connectivity index (χ4v) is 4.17. The number of carbonyl (C=O) groups is 3. The molecule has 208 valence electrons. The minimum Gasteiger partial charge on any atom is -0.508 e. The normalized spacial score (nSPS) is 13.3. The van der Waals surface area contributed by atoms with E-state index in [1.807, 2.05) is 52.8 Å². The summed E-state index contributed by atoms with van der Waals surface area (Å²) >= 11 is 0. The van der Waals surface area contributed by atoms with Gasteiger partial charge in [-0.2, -0.15) is 0 Å². The summed E-state index contributed by atoms with van der Waals surface area (Å²) < 4.78 is 5.35. The Balaban J connectivity index is 2.62. The Labute approximate surface area is 226 Å². The predicted molar refractivity (Wildman–Crippen MR) is 150 cm³/mol. The first-order valence-corrected chi connectivity index (χ1v) is 13.0. The third-order valence-electron chi connectivity index (χ3n) is 6.63. The Morgan fingerprint density at radius 3 is 2.05 bits per heavy atom. The molecule has 2 aromatic carbocycles. The second-order valence-electron chi connectivity index (χ2n) is 11.4. The van der Waals surface area contributed by atoms with Gasteiger partial charge in [-0.3, -0.25) is 9.59 Å². The van der Waals surface area contributed by atoms with Crippen LogP contribution >= 0.6 is 0 Å². The number of hydrogen-bond acceptors (Lipinski definition) is 5. The van der Waals surface area contributed by atoms with E-state index in [2.05, 4.69) is 10.6 Å². The van der Waals surface area contributed by atoms with Crippen LogP contribution in [0.2, 0.25) is 0 Å². The first-order chi connectivity index (χ1) is 17.5. The lowest BCUT2D eigenvalue weighted by Crippen LogP contribution is -2.58. The van der Waals surface area contributed by atoms with Crippen molar-refractivity contribution in [3.8, 4) is 5.75 Å². The lowest BCUT2D eigenvalue weighted by atomic mass is 9.91. The number of carbonyl (C=O) groups excluding carboxylic acids is 3. The highest BCUT2D eigenvalue weighted by Crippen LogP contribution is 2.35. The van der Waals surface area contributed by atoms with Crippen molar-refractivity contribution in [2.75, 3.05) is 5.32 Å². The van der Waals surface area contributed by atoms with E-state index < -0.39 is 41.1 Å². The maximum absolute atomic E-state index is 14.1. The maximum Gasteiger partial charge on any atom is 0.408 e. The third-order valence-corrected chi connectivity index (χ3v) is 6.63. The number of para-hydroxylation sites is 1. The van der Waals surface area contributed by atoms with Crippen LogP contribution in [0, 0.1) is 20.8 Å². The molecule has 0 aliphatic heterocycles. The summed E-state index contributed by atoms with van der Waals surface area (Å²) in [5.41, 5.74) is 2.09. The van der Waals surface area contributed by atoms with Gasteiger partial charge in [-0.25, -0.2) is 4.79 Å². The summed E-state index contributed by atoms with van der Waals surface area (Å²) in [7, 11) is 0. The molecule has 8 nitrogen and oxygen atoms in total. The van der Waals surface area contributed by atoms with Crippen molar-refractivity contribution in [1.82, 2.24) is 10.2 Å². The highest BCUT2D eigenvalue weighted by molar-refractivity contribution is 6.00. The lowest BCUT2D eigenvalue weighted by molar-refractivity contribution is -0.147. The molecule has 0 aromatic heterocycles. The molecule has 0 spiro atoms. The molecule has 2 unspecified atom stereocenters. The summed E-state index contributed by atoms with van der Waals surface area (Å²) in [6.07, 6.45) is -0.174. The average molecular weight is 526 g/mol. The standard InChI is InChI=1S/C30H43N3O5/c1-11-30(9,10)33(27(36)21(5)31-28(37)38-29(6,7)8)25(22-15-16-23(34)20(4)17-22)26(35)32-24-18(2)13-12-14-19(24)3/h12-17,21,25,34H,11H2,1-10H3,(H,31,37)(H,32,35). The number of alkyl carbamates (subject to hydrolysis) is 1. The predicted octanol–water partition coefficient (Wildman–Crippen LogP) is 5.93. The molecule has 38 heavy (non-hydrogen) atoms. The molecular formula is C30H43N3O5. The van der Waals surface area contributed by atoms with E-state index >= 15 is 0 Å². The minimum absolute atomic E-state index is 0.0928. The molecule has 0 saturated heterocycles. The van der Waals surface area contributed by atoms with E-state index in [1.54, 1.807) is 46.8 Å². The van der Waals surface area contributed by atoms with E-state index in [4.69, 9.17) is 4.74 Å². The molecule has 2 atom stereocenters. The maximum atomic E-state index is 14.1. The number of anilines is 1. The van der Waals surface area contributed by atoms with Crippen LogP contribution < -0.4 is 10.6 Å². The average Bonchev–Trinajstić information content (AvgIpc) is 2.79. The molecule has 0 saturated carbocycles. The Kier molecular flexibility index (Phi) is 9.59. The Bertz CT molecular complexity index is 1160. The summed E-state index contributed by atoms with van der Waals surface area (Å²) in [6, 6.07) is 8.61. The second kappa shape index (κ2) is 11.9. The highest BCUT2D eigenvalue weighted by atomic mass is 16.6. The largest absolute Gasteiger partial charge is 0.508 e. The molecule has 0 bridgehead atoms. The van der Waals surface area contributed by atoms with Crippen molar-refractivity contribution < 1.29 is 24.2 Å². The number of nitrogens with one attached hydrogen (secondary N) is 2. The van der Waals surface area contributed by atoms with Crippen molar-refractivity contribution in [2.24, 2.45) is 0 Å². The van der Waals surface area contributed by atoms with E-state index in [-0.39, 0.29) is 5.75 Å². The first kappa shape index (κ1) is 30.7. The molecule has 0 aliphatic carbocycles. The van der Waals surface area contributed by atoms with Crippen molar-refractivity contribution in [2.45, 2.75) is 98.9 Å². The van der Waals surface area contributed by atoms with Gasteiger partial charge in [0.25, 0.3) is 5.91 Å². The molecule has 8 heteroatoms. The number of rotatable bonds is 8. The topological polar surface area (TPSA) is 108 Å². The van der Waals surface area contributed by atoms with Crippen LogP contribution in [-0.4, -0.2) is 45.1 Å². The number of aryl methyl sites for hydroxylation is 3. The van der Waals surface area contributed by atoms with Crippen LogP contribution in [0.5, 0.6) is 5.75 Å². The van der Waals surface area contributed by atoms with Crippen molar-refractivity contribution in [3.05, 3.63) is 58.7 Å². The monoisotopic (exact) mass is 525 g/mol. The van der Waals surface area contributed by atoms with Gasteiger partial charge in [0.05, 0.1) is 0 Å². The summed E-state index contributed by atoms with van der Waals surface area (Å²) in [5.74, 6) is -0.739. The van der Waals surface area contributed by atoms with Crippen molar-refractivity contribution >= 4 is 23.6 Å². The Hall–Kier alpha value is -3.55. The van der Waals surface area contributed by atoms with E-state index in [0.717, 1.165) is 11.1 Å². The number of hydrogen-bond donors (Lipinski definition) is 3. The fourth-order valence-electron chi connectivity index (χ4n) is 4.17. The van der Waals surface area contributed by atoms with Crippen LogP contribution in [0.25, 0.3) is 0 Å². The van der Waals surface area contributed by atoms with Crippen molar-refractivity contribution in [1.29, 1.82) is 0 Å². The first-order valence-electron chi connectivity index (χ1n) is 13.0. The van der Waals surface area contributed by atoms with Crippen LogP contribution in [-0.2, 0) is 14.3 Å². The zero-order valence-corrected chi connectivity index (χ0v) is 24.4. The van der Waals surface area contributed by atoms with Crippen LogP contribution in [0.3, 0.4) is 0 Å². The molecule has 3 amide bonds.